The number of hydrogen-bond donors (Lipinski definition) is 1. The van der Waals surface area contributed by atoms with E-state index in [1.54, 1.807) is 10.4 Å². The highest BCUT2D eigenvalue weighted by molar-refractivity contribution is 7.89. The first-order valence-corrected chi connectivity index (χ1v) is 9.72. The summed E-state index contributed by atoms with van der Waals surface area (Å²) >= 11 is 1.53. The molecule has 2 rings (SSSR count). The lowest BCUT2D eigenvalue weighted by molar-refractivity contribution is 0.403. The Kier molecular flexibility index (Phi) is 5.60. The summed E-state index contributed by atoms with van der Waals surface area (Å²) in [5.41, 5.74) is 0. The zero-order valence-electron chi connectivity index (χ0n) is 12.3. The van der Waals surface area contributed by atoms with E-state index in [2.05, 4.69) is 12.2 Å². The van der Waals surface area contributed by atoms with Gasteiger partial charge in [0, 0.05) is 24.0 Å². The highest BCUT2D eigenvalue weighted by atomic mass is 32.2. The van der Waals surface area contributed by atoms with Crippen LogP contribution in [-0.4, -0.2) is 31.9 Å². The van der Waals surface area contributed by atoms with E-state index in [1.165, 1.54) is 11.3 Å². The van der Waals surface area contributed by atoms with Crippen molar-refractivity contribution < 1.29 is 8.42 Å². The van der Waals surface area contributed by atoms with Crippen LogP contribution < -0.4 is 5.32 Å². The van der Waals surface area contributed by atoms with Gasteiger partial charge in [0.1, 0.15) is 0 Å². The largest absolute Gasteiger partial charge is 0.312 e. The van der Waals surface area contributed by atoms with Crippen LogP contribution in [-0.2, 0) is 16.6 Å². The number of rotatable bonds is 9. The fourth-order valence-electron chi connectivity index (χ4n) is 2.27. The van der Waals surface area contributed by atoms with E-state index < -0.39 is 10.0 Å². The number of hydrogen-bond acceptors (Lipinski definition) is 4. The SMILES string of the molecule is CCCNCc1sccc1S(=O)(=O)N(CCC)C1CC1. The first kappa shape index (κ1) is 15.9. The van der Waals surface area contributed by atoms with Gasteiger partial charge in [0.05, 0.1) is 4.90 Å². The Morgan fingerprint density at radius 2 is 2.10 bits per heavy atom. The van der Waals surface area contributed by atoms with E-state index >= 15 is 0 Å². The molecule has 1 saturated carbocycles. The average Bonchev–Trinajstić information content (AvgIpc) is 3.13. The predicted molar refractivity (Wildman–Crippen MR) is 83.5 cm³/mol. The second kappa shape index (κ2) is 7.02. The Morgan fingerprint density at radius 3 is 2.70 bits per heavy atom. The minimum atomic E-state index is -3.32. The summed E-state index contributed by atoms with van der Waals surface area (Å²) in [7, 11) is -3.32. The average molecular weight is 316 g/mol. The van der Waals surface area contributed by atoms with Crippen LogP contribution in [0.25, 0.3) is 0 Å². The van der Waals surface area contributed by atoms with Crippen LogP contribution in [0.4, 0.5) is 0 Å². The lowest BCUT2D eigenvalue weighted by Crippen LogP contribution is -2.34. The number of nitrogens with zero attached hydrogens (tertiary/aromatic N) is 1. The minimum absolute atomic E-state index is 0.233. The van der Waals surface area contributed by atoms with Gasteiger partial charge in [0.15, 0.2) is 0 Å². The maximum absolute atomic E-state index is 12.8. The second-order valence-corrected chi connectivity index (χ2v) is 8.09. The van der Waals surface area contributed by atoms with Gasteiger partial charge in [0.2, 0.25) is 10.0 Å². The Labute approximate surface area is 126 Å². The standard InChI is InChI=1S/C14H24N2O2S2/c1-3-8-15-11-13-14(7-10-19-13)20(17,18)16(9-4-2)12-5-6-12/h7,10,12,15H,3-6,8-9,11H2,1-2H3. The Bertz CT molecular complexity index is 521. The van der Waals surface area contributed by atoms with Gasteiger partial charge in [0.25, 0.3) is 0 Å². The van der Waals surface area contributed by atoms with Crippen LogP contribution in [0.3, 0.4) is 0 Å². The Morgan fingerprint density at radius 1 is 1.35 bits per heavy atom. The lowest BCUT2D eigenvalue weighted by atomic mass is 10.4. The molecular weight excluding hydrogens is 292 g/mol. The van der Waals surface area contributed by atoms with Gasteiger partial charge < -0.3 is 5.32 Å². The van der Waals surface area contributed by atoms with Crippen molar-refractivity contribution in [2.24, 2.45) is 0 Å². The zero-order valence-corrected chi connectivity index (χ0v) is 13.9. The molecule has 4 nitrogen and oxygen atoms in total. The molecule has 0 spiro atoms. The molecule has 1 heterocycles. The van der Waals surface area contributed by atoms with Crippen LogP contribution in [0.5, 0.6) is 0 Å². The molecular formula is C14H24N2O2S2. The Hall–Kier alpha value is -0.430. The molecule has 1 aromatic rings. The molecule has 1 aromatic heterocycles. The van der Waals surface area contributed by atoms with Crippen molar-refractivity contribution in [3.63, 3.8) is 0 Å². The van der Waals surface area contributed by atoms with Crippen molar-refractivity contribution in [1.29, 1.82) is 0 Å². The normalized spacial score (nSPS) is 15.9. The van der Waals surface area contributed by atoms with Crippen molar-refractivity contribution in [3.8, 4) is 0 Å². The number of nitrogens with one attached hydrogen (secondary N) is 1. The molecule has 114 valence electrons. The first-order chi connectivity index (χ1) is 9.61. The monoisotopic (exact) mass is 316 g/mol. The van der Waals surface area contributed by atoms with Crippen molar-refractivity contribution in [1.82, 2.24) is 9.62 Å². The zero-order chi connectivity index (χ0) is 14.6. The van der Waals surface area contributed by atoms with E-state index in [0.29, 0.717) is 18.0 Å². The highest BCUT2D eigenvalue weighted by Gasteiger charge is 2.38. The molecule has 0 aromatic carbocycles. The molecule has 20 heavy (non-hydrogen) atoms. The van der Waals surface area contributed by atoms with Crippen molar-refractivity contribution in [2.45, 2.75) is 57.0 Å². The van der Waals surface area contributed by atoms with Crippen LogP contribution in [0.2, 0.25) is 0 Å². The summed E-state index contributed by atoms with van der Waals surface area (Å²) in [5.74, 6) is 0. The van der Waals surface area contributed by atoms with E-state index in [9.17, 15) is 8.42 Å². The van der Waals surface area contributed by atoms with Gasteiger partial charge in [-0.3, -0.25) is 0 Å². The summed E-state index contributed by atoms with van der Waals surface area (Å²) in [4.78, 5) is 1.44. The molecule has 0 atom stereocenters. The third-order valence-corrected chi connectivity index (χ3v) is 6.49. The quantitative estimate of drug-likeness (QED) is 0.713. The molecule has 0 saturated heterocycles. The molecule has 1 N–H and O–H groups in total. The van der Waals surface area contributed by atoms with Gasteiger partial charge in [-0.15, -0.1) is 11.3 Å². The summed E-state index contributed by atoms with van der Waals surface area (Å²) < 4.78 is 27.4. The van der Waals surface area contributed by atoms with Gasteiger partial charge in [-0.05, 0) is 43.7 Å². The van der Waals surface area contributed by atoms with Crippen LogP contribution in [0, 0.1) is 0 Å². The summed E-state index contributed by atoms with van der Waals surface area (Å²) in [6.45, 7) is 6.32. The molecule has 6 heteroatoms. The van der Waals surface area contributed by atoms with Crippen molar-refractivity contribution in [3.05, 3.63) is 16.3 Å². The molecule has 0 aliphatic heterocycles. The molecule has 1 aliphatic rings. The first-order valence-electron chi connectivity index (χ1n) is 7.40. The van der Waals surface area contributed by atoms with E-state index in [0.717, 1.165) is 37.1 Å². The molecule has 0 radical (unpaired) electrons. The predicted octanol–water partition coefficient (Wildman–Crippen LogP) is 2.81. The minimum Gasteiger partial charge on any atom is -0.312 e. The lowest BCUT2D eigenvalue weighted by Gasteiger charge is -2.21. The van der Waals surface area contributed by atoms with E-state index in [-0.39, 0.29) is 6.04 Å². The number of sulfonamides is 1. The van der Waals surface area contributed by atoms with Gasteiger partial charge in [-0.1, -0.05) is 13.8 Å². The molecule has 1 fully saturated rings. The maximum atomic E-state index is 12.8. The second-order valence-electron chi connectivity index (χ2n) is 5.23. The van der Waals surface area contributed by atoms with Crippen LogP contribution >= 0.6 is 11.3 Å². The third-order valence-electron chi connectivity index (χ3n) is 3.40. The van der Waals surface area contributed by atoms with E-state index in [1.807, 2.05) is 12.3 Å². The molecule has 0 unspecified atom stereocenters. The molecule has 0 bridgehead atoms. The van der Waals surface area contributed by atoms with Gasteiger partial charge in [-0.2, -0.15) is 4.31 Å². The van der Waals surface area contributed by atoms with Gasteiger partial charge >= 0.3 is 0 Å². The number of thiophene rings is 1. The third kappa shape index (κ3) is 3.61. The van der Waals surface area contributed by atoms with Crippen LogP contribution in [0.1, 0.15) is 44.4 Å². The summed E-state index contributed by atoms with van der Waals surface area (Å²) in [6, 6.07) is 1.99. The Balaban J connectivity index is 2.17. The topological polar surface area (TPSA) is 49.4 Å². The van der Waals surface area contributed by atoms with Crippen molar-refractivity contribution >= 4 is 21.4 Å². The van der Waals surface area contributed by atoms with Crippen LogP contribution in [0.15, 0.2) is 16.3 Å². The summed E-state index contributed by atoms with van der Waals surface area (Å²) in [6.07, 6.45) is 3.93. The van der Waals surface area contributed by atoms with Crippen molar-refractivity contribution in [2.75, 3.05) is 13.1 Å². The smallest absolute Gasteiger partial charge is 0.244 e. The maximum Gasteiger partial charge on any atom is 0.244 e. The summed E-state index contributed by atoms with van der Waals surface area (Å²) in [5, 5.41) is 5.18. The molecule has 1 aliphatic carbocycles. The fourth-order valence-corrected chi connectivity index (χ4v) is 5.44. The van der Waals surface area contributed by atoms with Gasteiger partial charge in [-0.25, -0.2) is 8.42 Å². The fraction of sp³-hybridized carbons (Fsp3) is 0.714. The van der Waals surface area contributed by atoms with E-state index in [4.69, 9.17) is 0 Å². The highest BCUT2D eigenvalue weighted by Crippen LogP contribution is 2.34. The molecule has 0 amide bonds.